The van der Waals surface area contributed by atoms with Crippen molar-refractivity contribution in [2.45, 2.75) is 44.7 Å². The van der Waals surface area contributed by atoms with Crippen molar-refractivity contribution in [2.24, 2.45) is 23.5 Å². The summed E-state index contributed by atoms with van der Waals surface area (Å²) in [4.78, 5) is 14.8. The van der Waals surface area contributed by atoms with Crippen molar-refractivity contribution < 1.29 is 14.3 Å². The highest BCUT2D eigenvalue weighted by Crippen LogP contribution is 2.42. The molecule has 5 nitrogen and oxygen atoms in total. The average molecular weight is 383 g/mol. The number of nitrogens with two attached hydrogens (primary N) is 1. The predicted octanol–water partition coefficient (Wildman–Crippen LogP) is 3.24. The van der Waals surface area contributed by atoms with Crippen LogP contribution in [0.25, 0.3) is 0 Å². The van der Waals surface area contributed by atoms with Crippen LogP contribution in [0, 0.1) is 17.8 Å². The molecule has 146 valence electrons. The highest BCUT2D eigenvalue weighted by Gasteiger charge is 2.41. The van der Waals surface area contributed by atoms with Crippen LogP contribution in [0.4, 0.5) is 0 Å². The van der Waals surface area contributed by atoms with Crippen LogP contribution in [0.15, 0.2) is 18.2 Å². The molecule has 0 aromatic heterocycles. The van der Waals surface area contributed by atoms with E-state index in [1.165, 1.54) is 19.3 Å². The zero-order valence-corrected chi connectivity index (χ0v) is 16.8. The molecule has 26 heavy (non-hydrogen) atoms. The molecule has 0 spiro atoms. The first-order valence-electron chi connectivity index (χ1n) is 9.24. The maximum Gasteiger partial charge on any atom is 0.225 e. The van der Waals surface area contributed by atoms with Crippen LogP contribution in [0.5, 0.6) is 11.5 Å². The Kier molecular flexibility index (Phi) is 7.18. The van der Waals surface area contributed by atoms with Crippen molar-refractivity contribution >= 4 is 18.3 Å². The summed E-state index contributed by atoms with van der Waals surface area (Å²) in [7, 11) is 5.16. The van der Waals surface area contributed by atoms with Crippen LogP contribution < -0.4 is 15.2 Å². The summed E-state index contributed by atoms with van der Waals surface area (Å²) in [6.45, 7) is 0.560. The zero-order valence-electron chi connectivity index (χ0n) is 15.9. The van der Waals surface area contributed by atoms with Gasteiger partial charge in [0, 0.05) is 31.6 Å². The van der Waals surface area contributed by atoms with Crippen LogP contribution in [-0.4, -0.2) is 38.1 Å². The van der Waals surface area contributed by atoms with E-state index in [1.54, 1.807) is 14.2 Å². The number of methoxy groups -OCH3 is 2. The number of ether oxygens (including phenoxy) is 2. The molecule has 2 bridgehead atoms. The van der Waals surface area contributed by atoms with Crippen molar-refractivity contribution in [1.29, 1.82) is 0 Å². The second-order valence-corrected chi connectivity index (χ2v) is 7.61. The molecule has 2 N–H and O–H groups in total. The molecule has 0 saturated heterocycles. The standard InChI is InChI=1S/C20H30N2O3.ClH/c1-22(12-13-7-17(24-2)11-18(8-13)25-3)20(23)16-9-14-5-4-6-15(10-16)19(14)21;/h7-8,11,14-16,19H,4-6,9-10,12,21H2,1-3H3;1H. The van der Waals surface area contributed by atoms with Crippen molar-refractivity contribution in [3.63, 3.8) is 0 Å². The fourth-order valence-electron chi connectivity index (χ4n) is 4.61. The number of carbonyl (C=O) groups excluding carboxylic acids is 1. The molecule has 1 amide bonds. The second kappa shape index (κ2) is 8.96. The summed E-state index contributed by atoms with van der Waals surface area (Å²) in [5.41, 5.74) is 7.37. The number of benzene rings is 1. The summed E-state index contributed by atoms with van der Waals surface area (Å²) in [5.74, 6) is 2.89. The highest BCUT2D eigenvalue weighted by molar-refractivity contribution is 5.85. The fourth-order valence-corrected chi connectivity index (χ4v) is 4.61. The molecule has 2 unspecified atom stereocenters. The minimum Gasteiger partial charge on any atom is -0.497 e. The number of nitrogens with zero attached hydrogens (tertiary/aromatic N) is 1. The molecule has 2 saturated carbocycles. The Morgan fingerprint density at radius 2 is 1.65 bits per heavy atom. The van der Waals surface area contributed by atoms with Gasteiger partial charge in [-0.1, -0.05) is 6.42 Å². The van der Waals surface area contributed by atoms with Crippen LogP contribution in [0.3, 0.4) is 0 Å². The van der Waals surface area contributed by atoms with Gasteiger partial charge in [0.15, 0.2) is 0 Å². The first-order chi connectivity index (χ1) is 12.0. The number of hydrogen-bond donors (Lipinski definition) is 1. The Labute approximate surface area is 162 Å². The smallest absolute Gasteiger partial charge is 0.225 e. The molecule has 2 aliphatic rings. The number of fused-ring (bicyclic) bond motifs is 2. The van der Waals surface area contributed by atoms with Gasteiger partial charge < -0.3 is 20.1 Å². The molecule has 2 aliphatic carbocycles. The Balaban J connectivity index is 0.00000243. The Hall–Kier alpha value is -1.46. The molecule has 1 aromatic rings. The third-order valence-corrected chi connectivity index (χ3v) is 5.97. The molecule has 0 aliphatic heterocycles. The van der Waals surface area contributed by atoms with Crippen molar-refractivity contribution in [3.05, 3.63) is 23.8 Å². The van der Waals surface area contributed by atoms with Crippen LogP contribution >= 0.6 is 12.4 Å². The molecule has 2 atom stereocenters. The minimum atomic E-state index is 0. The van der Waals surface area contributed by atoms with Gasteiger partial charge >= 0.3 is 0 Å². The number of amides is 1. The van der Waals surface area contributed by atoms with Gasteiger partial charge in [-0.25, -0.2) is 0 Å². The lowest BCUT2D eigenvalue weighted by Crippen LogP contribution is -2.49. The van der Waals surface area contributed by atoms with Crippen molar-refractivity contribution in [1.82, 2.24) is 4.90 Å². The van der Waals surface area contributed by atoms with Crippen molar-refractivity contribution in [3.8, 4) is 11.5 Å². The summed E-state index contributed by atoms with van der Waals surface area (Å²) in [6, 6.07) is 6.05. The SMILES string of the molecule is COc1cc(CN(C)C(=O)C2CC3CCCC(C2)C3N)cc(OC)c1.Cl. The number of rotatable bonds is 5. The van der Waals surface area contributed by atoms with Gasteiger partial charge in [0.05, 0.1) is 14.2 Å². The van der Waals surface area contributed by atoms with Gasteiger partial charge in [0.2, 0.25) is 5.91 Å². The molecule has 2 fully saturated rings. The van der Waals surface area contributed by atoms with Gasteiger partial charge in [-0.05, 0) is 55.2 Å². The summed E-state index contributed by atoms with van der Waals surface area (Å²) >= 11 is 0. The van der Waals surface area contributed by atoms with Crippen LogP contribution in [0.2, 0.25) is 0 Å². The third-order valence-electron chi connectivity index (χ3n) is 5.97. The lowest BCUT2D eigenvalue weighted by molar-refractivity contribution is -0.137. The van der Waals surface area contributed by atoms with Crippen LogP contribution in [0.1, 0.15) is 37.7 Å². The van der Waals surface area contributed by atoms with E-state index in [0.29, 0.717) is 24.4 Å². The lowest BCUT2D eigenvalue weighted by atomic mass is 9.65. The molecular formula is C20H31ClN2O3. The normalized spacial score (nSPS) is 27.2. The third kappa shape index (κ3) is 4.44. The predicted molar refractivity (Wildman–Crippen MR) is 105 cm³/mol. The first kappa shape index (κ1) is 20.8. The summed E-state index contributed by atoms with van der Waals surface area (Å²) < 4.78 is 10.6. The molecular weight excluding hydrogens is 352 g/mol. The van der Waals surface area contributed by atoms with E-state index >= 15 is 0 Å². The van der Waals surface area contributed by atoms with E-state index in [2.05, 4.69) is 0 Å². The maximum absolute atomic E-state index is 13.0. The van der Waals surface area contributed by atoms with Gasteiger partial charge in [-0.2, -0.15) is 0 Å². The van der Waals surface area contributed by atoms with Crippen LogP contribution in [-0.2, 0) is 11.3 Å². The zero-order chi connectivity index (χ0) is 18.0. The lowest BCUT2D eigenvalue weighted by Gasteiger charge is -2.44. The van der Waals surface area contributed by atoms with Gasteiger partial charge in [-0.3, -0.25) is 4.79 Å². The summed E-state index contributed by atoms with van der Waals surface area (Å²) in [5, 5.41) is 0. The Morgan fingerprint density at radius 1 is 1.12 bits per heavy atom. The largest absolute Gasteiger partial charge is 0.497 e. The molecule has 1 aromatic carbocycles. The summed E-state index contributed by atoms with van der Waals surface area (Å²) in [6.07, 6.45) is 5.52. The van der Waals surface area contributed by atoms with E-state index in [1.807, 2.05) is 30.1 Å². The average Bonchev–Trinajstić information content (AvgIpc) is 2.60. The fraction of sp³-hybridized carbons (Fsp3) is 0.650. The molecule has 3 rings (SSSR count). The van der Waals surface area contributed by atoms with E-state index in [9.17, 15) is 4.79 Å². The van der Waals surface area contributed by atoms with Gasteiger partial charge in [0.25, 0.3) is 0 Å². The van der Waals surface area contributed by atoms with Gasteiger partial charge in [0.1, 0.15) is 11.5 Å². The molecule has 0 radical (unpaired) electrons. The van der Waals surface area contributed by atoms with E-state index in [-0.39, 0.29) is 24.2 Å². The second-order valence-electron chi connectivity index (χ2n) is 7.61. The quantitative estimate of drug-likeness (QED) is 0.849. The number of hydrogen-bond acceptors (Lipinski definition) is 4. The van der Waals surface area contributed by atoms with Crippen molar-refractivity contribution in [2.75, 3.05) is 21.3 Å². The topological polar surface area (TPSA) is 64.8 Å². The molecule has 6 heteroatoms. The maximum atomic E-state index is 13.0. The number of halogens is 1. The van der Waals surface area contributed by atoms with Gasteiger partial charge in [-0.15, -0.1) is 12.4 Å². The Bertz CT molecular complexity index is 589. The monoisotopic (exact) mass is 382 g/mol. The first-order valence-corrected chi connectivity index (χ1v) is 9.24. The van der Waals surface area contributed by atoms with E-state index in [4.69, 9.17) is 15.2 Å². The number of carbonyl (C=O) groups is 1. The minimum absolute atomic E-state index is 0. The molecule has 0 heterocycles. The Morgan fingerprint density at radius 3 is 2.15 bits per heavy atom. The van der Waals surface area contributed by atoms with E-state index < -0.39 is 0 Å². The highest BCUT2D eigenvalue weighted by atomic mass is 35.5. The van der Waals surface area contributed by atoms with E-state index in [0.717, 1.165) is 29.9 Å².